The van der Waals surface area contributed by atoms with Gasteiger partial charge in [0.2, 0.25) is 5.76 Å². The molecule has 6 nitrogen and oxygen atoms in total. The molecule has 1 aromatic carbocycles. The van der Waals surface area contributed by atoms with Gasteiger partial charge in [0, 0.05) is 19.2 Å². The van der Waals surface area contributed by atoms with Crippen LogP contribution in [0.25, 0.3) is 0 Å². The summed E-state index contributed by atoms with van der Waals surface area (Å²) in [4.78, 5) is 22.1. The first-order valence-electron chi connectivity index (χ1n) is 6.44. The summed E-state index contributed by atoms with van der Waals surface area (Å²) in [7, 11) is 1.59. The van der Waals surface area contributed by atoms with Gasteiger partial charge in [0.05, 0.1) is 6.54 Å². The number of rotatable bonds is 6. The molecule has 0 aliphatic rings. The fourth-order valence-electron chi connectivity index (χ4n) is 1.84. The van der Waals surface area contributed by atoms with Crippen molar-refractivity contribution in [1.29, 1.82) is 0 Å². The highest BCUT2D eigenvalue weighted by Gasteiger charge is 2.08. The molecule has 0 aliphatic heterocycles. The fraction of sp³-hybridized carbons (Fsp3) is 0.200. The molecule has 2 aromatic rings. The zero-order valence-corrected chi connectivity index (χ0v) is 11.6. The predicted molar refractivity (Wildman–Crippen MR) is 76.0 cm³/mol. The van der Waals surface area contributed by atoms with E-state index in [9.17, 15) is 9.59 Å². The van der Waals surface area contributed by atoms with E-state index in [0.29, 0.717) is 24.4 Å². The van der Waals surface area contributed by atoms with Crippen LogP contribution < -0.4 is 10.6 Å². The van der Waals surface area contributed by atoms with Crippen LogP contribution in [0.15, 0.2) is 40.8 Å². The summed E-state index contributed by atoms with van der Waals surface area (Å²) in [6.07, 6.45) is 0. The monoisotopic (exact) mass is 288 g/mol. The zero-order valence-electron chi connectivity index (χ0n) is 11.6. The first-order chi connectivity index (χ1) is 10.1. The van der Waals surface area contributed by atoms with Crippen molar-refractivity contribution in [1.82, 2.24) is 10.6 Å². The highest BCUT2D eigenvalue weighted by atomic mass is 16.4. The van der Waals surface area contributed by atoms with Gasteiger partial charge >= 0.3 is 5.97 Å². The third kappa shape index (κ3) is 3.93. The number of carboxylic acids is 1. The van der Waals surface area contributed by atoms with E-state index >= 15 is 0 Å². The number of amides is 1. The molecule has 1 aromatic heterocycles. The average Bonchev–Trinajstić information content (AvgIpc) is 2.96. The van der Waals surface area contributed by atoms with Crippen LogP contribution >= 0.6 is 0 Å². The Kier molecular flexibility index (Phi) is 4.73. The molecule has 0 radical (unpaired) electrons. The molecule has 0 saturated heterocycles. The van der Waals surface area contributed by atoms with Crippen LogP contribution in [-0.4, -0.2) is 24.0 Å². The Balaban J connectivity index is 1.85. The van der Waals surface area contributed by atoms with Crippen LogP contribution in [0.5, 0.6) is 0 Å². The molecule has 0 bridgehead atoms. The summed E-state index contributed by atoms with van der Waals surface area (Å²) in [6.45, 7) is 1.03. The Labute approximate surface area is 121 Å². The minimum atomic E-state index is -1.08. The topological polar surface area (TPSA) is 91.6 Å². The molecule has 2 rings (SSSR count). The van der Waals surface area contributed by atoms with Crippen molar-refractivity contribution in [3.63, 3.8) is 0 Å². The van der Waals surface area contributed by atoms with Crippen molar-refractivity contribution < 1.29 is 19.1 Å². The lowest BCUT2D eigenvalue weighted by molar-refractivity contribution is 0.0660. The molecule has 0 saturated carbocycles. The average molecular weight is 288 g/mol. The largest absolute Gasteiger partial charge is 0.475 e. The van der Waals surface area contributed by atoms with Gasteiger partial charge in [-0.2, -0.15) is 0 Å². The molecule has 3 N–H and O–H groups in total. The number of carboxylic acid groups (broad SMARTS) is 1. The minimum absolute atomic E-state index is 0.0678. The van der Waals surface area contributed by atoms with E-state index in [1.807, 2.05) is 12.1 Å². The Morgan fingerprint density at radius 3 is 2.38 bits per heavy atom. The van der Waals surface area contributed by atoms with E-state index in [0.717, 1.165) is 5.56 Å². The number of furan rings is 1. The van der Waals surface area contributed by atoms with Crippen LogP contribution in [0.3, 0.4) is 0 Å². The third-order valence-electron chi connectivity index (χ3n) is 2.94. The maximum Gasteiger partial charge on any atom is 0.371 e. The molecule has 21 heavy (non-hydrogen) atoms. The first kappa shape index (κ1) is 14.8. The van der Waals surface area contributed by atoms with Crippen molar-refractivity contribution in [3.05, 3.63) is 59.0 Å². The van der Waals surface area contributed by atoms with Crippen LogP contribution in [0.1, 0.15) is 32.2 Å². The van der Waals surface area contributed by atoms with E-state index in [4.69, 9.17) is 9.52 Å². The second-order valence-corrected chi connectivity index (χ2v) is 4.45. The van der Waals surface area contributed by atoms with E-state index in [1.54, 1.807) is 25.2 Å². The Hall–Kier alpha value is -2.60. The molecular formula is C15H16N2O4. The highest BCUT2D eigenvalue weighted by Crippen LogP contribution is 2.08. The molecule has 0 spiro atoms. The predicted octanol–water partition coefficient (Wildman–Crippen LogP) is 1.63. The highest BCUT2D eigenvalue weighted by molar-refractivity contribution is 5.93. The van der Waals surface area contributed by atoms with Crippen molar-refractivity contribution in [2.24, 2.45) is 0 Å². The van der Waals surface area contributed by atoms with Crippen molar-refractivity contribution >= 4 is 11.9 Å². The minimum Gasteiger partial charge on any atom is -0.475 e. The smallest absolute Gasteiger partial charge is 0.371 e. The fourth-order valence-corrected chi connectivity index (χ4v) is 1.84. The number of carbonyl (C=O) groups excluding carboxylic acids is 1. The summed E-state index contributed by atoms with van der Waals surface area (Å²) in [5, 5.41) is 14.5. The van der Waals surface area contributed by atoms with Gasteiger partial charge in [0.1, 0.15) is 5.76 Å². The van der Waals surface area contributed by atoms with Crippen LogP contribution in [0.2, 0.25) is 0 Å². The molecule has 0 aliphatic carbocycles. The molecule has 110 valence electrons. The Morgan fingerprint density at radius 2 is 1.81 bits per heavy atom. The van der Waals surface area contributed by atoms with E-state index in [1.165, 1.54) is 6.07 Å². The normalized spacial score (nSPS) is 10.3. The first-order valence-corrected chi connectivity index (χ1v) is 6.44. The molecule has 0 atom stereocenters. The van der Waals surface area contributed by atoms with Crippen LogP contribution in [0.4, 0.5) is 0 Å². The van der Waals surface area contributed by atoms with Gasteiger partial charge in [-0.15, -0.1) is 0 Å². The molecule has 1 heterocycles. The number of benzene rings is 1. The Morgan fingerprint density at radius 1 is 1.10 bits per heavy atom. The standard InChI is InChI=1S/C15H16N2O4/c1-16-14(18)11-4-2-10(3-5-11)8-17-9-12-6-7-13(21-12)15(19)20/h2-7,17H,8-9H2,1H3,(H,16,18)(H,19,20). The third-order valence-corrected chi connectivity index (χ3v) is 2.94. The summed E-state index contributed by atoms with van der Waals surface area (Å²) < 4.78 is 5.13. The quantitative estimate of drug-likeness (QED) is 0.751. The lowest BCUT2D eigenvalue weighted by Crippen LogP contribution is -2.18. The molecule has 0 fully saturated rings. The van der Waals surface area contributed by atoms with Gasteiger partial charge in [0.25, 0.3) is 5.91 Å². The summed E-state index contributed by atoms with van der Waals surface area (Å²) >= 11 is 0. The van der Waals surface area contributed by atoms with Crippen LogP contribution in [0, 0.1) is 0 Å². The second kappa shape index (κ2) is 6.71. The SMILES string of the molecule is CNC(=O)c1ccc(CNCc2ccc(C(=O)O)o2)cc1. The van der Waals surface area contributed by atoms with E-state index in [2.05, 4.69) is 10.6 Å². The molecular weight excluding hydrogens is 272 g/mol. The van der Waals surface area contributed by atoms with Gasteiger partial charge < -0.3 is 20.2 Å². The molecule has 0 unspecified atom stereocenters. The number of hydrogen-bond donors (Lipinski definition) is 3. The van der Waals surface area contributed by atoms with Gasteiger partial charge in [-0.25, -0.2) is 4.79 Å². The maximum atomic E-state index is 11.4. The summed E-state index contributed by atoms with van der Waals surface area (Å²) in [5.74, 6) is -0.701. The second-order valence-electron chi connectivity index (χ2n) is 4.45. The zero-order chi connectivity index (χ0) is 15.2. The van der Waals surface area contributed by atoms with Gasteiger partial charge in [-0.1, -0.05) is 12.1 Å². The summed E-state index contributed by atoms with van der Waals surface area (Å²) in [5.41, 5.74) is 1.63. The van der Waals surface area contributed by atoms with Crippen molar-refractivity contribution in [2.75, 3.05) is 7.05 Å². The van der Waals surface area contributed by atoms with Gasteiger partial charge in [0.15, 0.2) is 0 Å². The maximum absolute atomic E-state index is 11.4. The van der Waals surface area contributed by atoms with E-state index < -0.39 is 5.97 Å². The lowest BCUT2D eigenvalue weighted by Gasteiger charge is -2.04. The van der Waals surface area contributed by atoms with E-state index in [-0.39, 0.29) is 11.7 Å². The lowest BCUT2D eigenvalue weighted by atomic mass is 10.1. The van der Waals surface area contributed by atoms with Crippen LogP contribution in [-0.2, 0) is 13.1 Å². The summed E-state index contributed by atoms with van der Waals surface area (Å²) in [6, 6.07) is 10.3. The number of carbonyl (C=O) groups is 2. The van der Waals surface area contributed by atoms with Gasteiger partial charge in [-0.3, -0.25) is 4.79 Å². The van der Waals surface area contributed by atoms with Gasteiger partial charge in [-0.05, 0) is 29.8 Å². The number of hydrogen-bond acceptors (Lipinski definition) is 4. The van der Waals surface area contributed by atoms with Crippen molar-refractivity contribution in [3.8, 4) is 0 Å². The van der Waals surface area contributed by atoms with Crippen molar-refractivity contribution in [2.45, 2.75) is 13.1 Å². The number of aromatic carboxylic acids is 1. The number of nitrogens with one attached hydrogen (secondary N) is 2. The Bertz CT molecular complexity index is 631. The molecule has 6 heteroatoms. The molecule has 1 amide bonds.